The standard InChI is InChI=1S/C11H17NO2S/c1-4-9(2)10-5-7-11(8-6-10)15(13,14)12-3/h5-9,12H,4H2,1-3H3. The minimum absolute atomic E-state index is 0.317. The van der Waals surface area contributed by atoms with E-state index in [9.17, 15) is 8.42 Å². The number of sulfonamides is 1. The van der Waals surface area contributed by atoms with Crippen LogP contribution in [0.1, 0.15) is 31.7 Å². The molecule has 1 rings (SSSR count). The molecule has 15 heavy (non-hydrogen) atoms. The van der Waals surface area contributed by atoms with E-state index in [0.29, 0.717) is 10.8 Å². The van der Waals surface area contributed by atoms with Gasteiger partial charge in [0.25, 0.3) is 0 Å². The van der Waals surface area contributed by atoms with E-state index in [0.717, 1.165) is 6.42 Å². The zero-order valence-corrected chi connectivity index (χ0v) is 10.1. The Morgan fingerprint density at radius 1 is 1.27 bits per heavy atom. The Balaban J connectivity index is 3.00. The van der Waals surface area contributed by atoms with Crippen LogP contribution in [0.5, 0.6) is 0 Å². The van der Waals surface area contributed by atoms with Crippen molar-refractivity contribution in [3.63, 3.8) is 0 Å². The summed E-state index contributed by atoms with van der Waals surface area (Å²) < 4.78 is 25.2. The summed E-state index contributed by atoms with van der Waals surface area (Å²) in [4.78, 5) is 0.317. The summed E-state index contributed by atoms with van der Waals surface area (Å²) in [5, 5.41) is 0. The van der Waals surface area contributed by atoms with E-state index in [1.807, 2.05) is 12.1 Å². The van der Waals surface area contributed by atoms with E-state index in [1.165, 1.54) is 12.6 Å². The highest BCUT2D eigenvalue weighted by Gasteiger charge is 2.11. The van der Waals surface area contributed by atoms with Crippen LogP contribution in [0.25, 0.3) is 0 Å². The van der Waals surface area contributed by atoms with Crippen molar-refractivity contribution in [3.05, 3.63) is 29.8 Å². The molecule has 0 saturated heterocycles. The molecule has 0 saturated carbocycles. The monoisotopic (exact) mass is 227 g/mol. The maximum Gasteiger partial charge on any atom is 0.240 e. The van der Waals surface area contributed by atoms with Crippen LogP contribution in [-0.2, 0) is 10.0 Å². The lowest BCUT2D eigenvalue weighted by atomic mass is 9.99. The first-order valence-corrected chi connectivity index (χ1v) is 6.53. The number of nitrogens with one attached hydrogen (secondary N) is 1. The van der Waals surface area contributed by atoms with Crippen LogP contribution in [-0.4, -0.2) is 15.5 Å². The second-order valence-corrected chi connectivity index (χ2v) is 5.47. The van der Waals surface area contributed by atoms with E-state index in [2.05, 4.69) is 18.6 Å². The molecule has 0 bridgehead atoms. The third-order valence-corrected chi connectivity index (χ3v) is 4.07. The second-order valence-electron chi connectivity index (χ2n) is 3.59. The van der Waals surface area contributed by atoms with Gasteiger partial charge in [-0.1, -0.05) is 26.0 Å². The predicted molar refractivity (Wildman–Crippen MR) is 61.4 cm³/mol. The van der Waals surface area contributed by atoms with Crippen molar-refractivity contribution in [1.82, 2.24) is 4.72 Å². The maximum atomic E-state index is 11.4. The summed E-state index contributed by atoms with van der Waals surface area (Å²) in [7, 11) is -1.88. The minimum Gasteiger partial charge on any atom is -0.214 e. The molecule has 4 heteroatoms. The van der Waals surface area contributed by atoms with Gasteiger partial charge in [-0.3, -0.25) is 0 Å². The molecule has 0 fully saturated rings. The van der Waals surface area contributed by atoms with Gasteiger partial charge in [-0.15, -0.1) is 0 Å². The van der Waals surface area contributed by atoms with Gasteiger partial charge in [0.1, 0.15) is 0 Å². The lowest BCUT2D eigenvalue weighted by molar-refractivity contribution is 0.588. The zero-order valence-electron chi connectivity index (χ0n) is 9.32. The zero-order chi connectivity index (χ0) is 11.5. The van der Waals surface area contributed by atoms with Crippen molar-refractivity contribution >= 4 is 10.0 Å². The van der Waals surface area contributed by atoms with Crippen LogP contribution in [0.4, 0.5) is 0 Å². The normalized spacial score (nSPS) is 13.8. The average Bonchev–Trinajstić information content (AvgIpc) is 2.28. The average molecular weight is 227 g/mol. The van der Waals surface area contributed by atoms with Gasteiger partial charge < -0.3 is 0 Å². The number of rotatable bonds is 4. The molecule has 1 N–H and O–H groups in total. The maximum absolute atomic E-state index is 11.4. The van der Waals surface area contributed by atoms with Gasteiger partial charge in [0, 0.05) is 0 Å². The SMILES string of the molecule is CCC(C)c1ccc(S(=O)(=O)NC)cc1. The molecular formula is C11H17NO2S. The first kappa shape index (κ1) is 12.2. The Bertz CT molecular complexity index is 409. The molecule has 1 aromatic rings. The fraction of sp³-hybridized carbons (Fsp3) is 0.455. The highest BCUT2D eigenvalue weighted by molar-refractivity contribution is 7.89. The summed E-state index contributed by atoms with van der Waals surface area (Å²) in [6, 6.07) is 7.04. The van der Waals surface area contributed by atoms with Crippen molar-refractivity contribution in [2.24, 2.45) is 0 Å². The van der Waals surface area contributed by atoms with Crippen LogP contribution in [0.2, 0.25) is 0 Å². The molecule has 0 spiro atoms. The van der Waals surface area contributed by atoms with E-state index >= 15 is 0 Å². The summed E-state index contributed by atoms with van der Waals surface area (Å²) in [5.74, 6) is 0.469. The highest BCUT2D eigenvalue weighted by atomic mass is 32.2. The lowest BCUT2D eigenvalue weighted by Crippen LogP contribution is -2.18. The summed E-state index contributed by atoms with van der Waals surface area (Å²) in [6.07, 6.45) is 1.05. The minimum atomic E-state index is -3.30. The molecular weight excluding hydrogens is 210 g/mol. The van der Waals surface area contributed by atoms with Crippen LogP contribution < -0.4 is 4.72 Å². The van der Waals surface area contributed by atoms with E-state index in [1.54, 1.807) is 12.1 Å². The van der Waals surface area contributed by atoms with Crippen molar-refractivity contribution in [1.29, 1.82) is 0 Å². The molecule has 0 aromatic heterocycles. The van der Waals surface area contributed by atoms with Gasteiger partial charge in [0.05, 0.1) is 4.90 Å². The lowest BCUT2D eigenvalue weighted by Gasteiger charge is -2.09. The van der Waals surface area contributed by atoms with Crippen molar-refractivity contribution in [2.75, 3.05) is 7.05 Å². The van der Waals surface area contributed by atoms with E-state index in [4.69, 9.17) is 0 Å². The molecule has 0 heterocycles. The van der Waals surface area contributed by atoms with Gasteiger partial charge in [0.2, 0.25) is 10.0 Å². The first-order valence-electron chi connectivity index (χ1n) is 5.04. The fourth-order valence-electron chi connectivity index (χ4n) is 1.33. The van der Waals surface area contributed by atoms with Gasteiger partial charge in [-0.05, 0) is 37.1 Å². The summed E-state index contributed by atoms with van der Waals surface area (Å²) >= 11 is 0. The van der Waals surface area contributed by atoms with Crippen molar-refractivity contribution in [3.8, 4) is 0 Å². The highest BCUT2D eigenvalue weighted by Crippen LogP contribution is 2.20. The topological polar surface area (TPSA) is 46.2 Å². The Hall–Kier alpha value is -0.870. The summed E-state index contributed by atoms with van der Waals surface area (Å²) in [5.41, 5.74) is 1.17. The van der Waals surface area contributed by atoms with Crippen molar-refractivity contribution in [2.45, 2.75) is 31.1 Å². The Labute approximate surface area is 91.6 Å². The molecule has 84 valence electrons. The number of hydrogen-bond donors (Lipinski definition) is 1. The molecule has 0 radical (unpaired) electrons. The smallest absolute Gasteiger partial charge is 0.214 e. The fourth-order valence-corrected chi connectivity index (χ4v) is 2.06. The summed E-state index contributed by atoms with van der Waals surface area (Å²) in [6.45, 7) is 4.24. The Kier molecular flexibility index (Phi) is 3.88. The largest absolute Gasteiger partial charge is 0.240 e. The van der Waals surface area contributed by atoms with Crippen LogP contribution in [0, 0.1) is 0 Å². The number of benzene rings is 1. The van der Waals surface area contributed by atoms with Gasteiger partial charge in [-0.2, -0.15) is 0 Å². The van der Waals surface area contributed by atoms with Gasteiger partial charge in [0.15, 0.2) is 0 Å². The van der Waals surface area contributed by atoms with E-state index in [-0.39, 0.29) is 0 Å². The van der Waals surface area contributed by atoms with Crippen molar-refractivity contribution < 1.29 is 8.42 Å². The van der Waals surface area contributed by atoms with Crippen LogP contribution in [0.3, 0.4) is 0 Å². The molecule has 0 aliphatic carbocycles. The Morgan fingerprint density at radius 3 is 2.20 bits per heavy atom. The van der Waals surface area contributed by atoms with Crippen LogP contribution >= 0.6 is 0 Å². The third-order valence-electron chi connectivity index (χ3n) is 2.64. The molecule has 0 aliphatic rings. The molecule has 0 amide bonds. The van der Waals surface area contributed by atoms with E-state index < -0.39 is 10.0 Å². The molecule has 1 aromatic carbocycles. The van der Waals surface area contributed by atoms with Crippen LogP contribution in [0.15, 0.2) is 29.2 Å². The predicted octanol–water partition coefficient (Wildman–Crippen LogP) is 2.11. The van der Waals surface area contributed by atoms with Gasteiger partial charge in [-0.25, -0.2) is 13.1 Å². The molecule has 1 unspecified atom stereocenters. The molecule has 0 aliphatic heterocycles. The second kappa shape index (κ2) is 4.77. The quantitative estimate of drug-likeness (QED) is 0.856. The molecule has 3 nitrogen and oxygen atoms in total. The third kappa shape index (κ3) is 2.79. The molecule has 1 atom stereocenters. The number of hydrogen-bond acceptors (Lipinski definition) is 2. The van der Waals surface area contributed by atoms with Gasteiger partial charge >= 0.3 is 0 Å². The Morgan fingerprint density at radius 2 is 1.80 bits per heavy atom. The first-order chi connectivity index (χ1) is 7.01.